The number of hydrogen-bond acceptors (Lipinski definition) is 8. The van der Waals surface area contributed by atoms with Crippen molar-refractivity contribution in [3.63, 3.8) is 0 Å². The van der Waals surface area contributed by atoms with Crippen molar-refractivity contribution >= 4 is 17.7 Å². The Morgan fingerprint density at radius 1 is 1.02 bits per heavy atom. The average Bonchev–Trinajstić information content (AvgIpc) is 3.64. The Kier molecular flexibility index (Phi) is 9.08. The molecule has 2 aliphatic rings. The van der Waals surface area contributed by atoms with E-state index in [1.165, 1.54) is 16.8 Å². The van der Waals surface area contributed by atoms with Crippen LogP contribution < -0.4 is 20.7 Å². The second-order valence-electron chi connectivity index (χ2n) is 13.8. The predicted octanol–water partition coefficient (Wildman–Crippen LogP) is 6.58. The fourth-order valence-electron chi connectivity index (χ4n) is 7.43. The first-order valence-corrected chi connectivity index (χ1v) is 16.5. The van der Waals surface area contributed by atoms with E-state index in [1.807, 2.05) is 36.9 Å². The van der Waals surface area contributed by atoms with Crippen LogP contribution in [0.5, 0.6) is 5.88 Å². The number of nitrogens with one attached hydrogen (secondary N) is 1. The molecule has 2 aromatic carbocycles. The summed E-state index contributed by atoms with van der Waals surface area (Å²) in [5.74, 6) is -0.793. The molecule has 3 atom stereocenters. The Hall–Kier alpha value is -4.65. The molecule has 13 heteroatoms. The minimum absolute atomic E-state index is 0.0341. The number of rotatable bonds is 8. The van der Waals surface area contributed by atoms with Gasteiger partial charge < -0.3 is 25.8 Å². The van der Waals surface area contributed by atoms with Crippen LogP contribution in [-0.2, 0) is 4.79 Å². The van der Waals surface area contributed by atoms with Crippen molar-refractivity contribution in [3.05, 3.63) is 77.1 Å². The van der Waals surface area contributed by atoms with Crippen molar-refractivity contribution in [3.8, 4) is 22.7 Å². The van der Waals surface area contributed by atoms with Crippen LogP contribution in [0.3, 0.4) is 0 Å². The first-order valence-electron chi connectivity index (χ1n) is 16.5. The van der Waals surface area contributed by atoms with E-state index in [-0.39, 0.29) is 40.5 Å². The second-order valence-corrected chi connectivity index (χ2v) is 13.8. The number of aliphatic carboxylic acids is 1. The van der Waals surface area contributed by atoms with Gasteiger partial charge in [-0.05, 0) is 85.8 Å². The van der Waals surface area contributed by atoms with Crippen LogP contribution in [0.15, 0.2) is 54.7 Å². The zero-order valence-electron chi connectivity index (χ0n) is 28.3. The second kappa shape index (κ2) is 13.0. The van der Waals surface area contributed by atoms with Crippen molar-refractivity contribution in [1.29, 1.82) is 0 Å². The number of piperidine rings is 1. The molecule has 0 aliphatic carbocycles. The number of nitrogen functional groups attached to an aromatic ring is 1. The van der Waals surface area contributed by atoms with E-state index in [2.05, 4.69) is 34.2 Å². The van der Waals surface area contributed by atoms with Crippen molar-refractivity contribution < 1.29 is 27.8 Å². The number of hydrogen-bond donors (Lipinski definition) is 3. The number of ether oxygens (including phenoxy) is 1. The van der Waals surface area contributed by atoms with E-state index in [1.54, 1.807) is 31.3 Å². The highest BCUT2D eigenvalue weighted by molar-refractivity contribution is 5.74. The lowest BCUT2D eigenvalue weighted by Crippen LogP contribution is -2.49. The summed E-state index contributed by atoms with van der Waals surface area (Å²) in [5.41, 5.74) is 10.4. The Balaban J connectivity index is 1.31. The molecular formula is C36H42F3N7O3. The van der Waals surface area contributed by atoms with Crippen LogP contribution >= 0.6 is 0 Å². The van der Waals surface area contributed by atoms with Crippen LogP contribution in [0.2, 0.25) is 0 Å². The summed E-state index contributed by atoms with van der Waals surface area (Å²) in [6.45, 7) is 11.0. The number of benzene rings is 2. The van der Waals surface area contributed by atoms with Crippen molar-refractivity contribution in [1.82, 2.24) is 25.1 Å². The van der Waals surface area contributed by atoms with Gasteiger partial charge in [-0.1, -0.05) is 44.2 Å². The highest BCUT2D eigenvalue weighted by Gasteiger charge is 2.51. The predicted molar refractivity (Wildman–Crippen MR) is 181 cm³/mol. The highest BCUT2D eigenvalue weighted by Crippen LogP contribution is 2.47. The number of carbonyl (C=O) groups is 1. The number of halogens is 3. The minimum atomic E-state index is -4.82. The molecule has 0 bridgehead atoms. The molecular weight excluding hydrogens is 635 g/mol. The van der Waals surface area contributed by atoms with E-state index in [0.29, 0.717) is 43.9 Å². The molecule has 2 saturated heterocycles. The van der Waals surface area contributed by atoms with Gasteiger partial charge in [0.05, 0.1) is 11.4 Å². The first-order chi connectivity index (χ1) is 23.1. The van der Waals surface area contributed by atoms with Gasteiger partial charge in [0.2, 0.25) is 17.9 Å². The van der Waals surface area contributed by atoms with Gasteiger partial charge in [0.15, 0.2) is 0 Å². The van der Waals surface area contributed by atoms with Gasteiger partial charge in [-0.3, -0.25) is 4.79 Å². The molecule has 4 aromatic rings. The monoisotopic (exact) mass is 677 g/mol. The number of anilines is 2. The lowest BCUT2D eigenvalue weighted by molar-refractivity contribution is -0.198. The van der Waals surface area contributed by atoms with Gasteiger partial charge >= 0.3 is 12.1 Å². The number of nitrogens with two attached hydrogens (primary N) is 1. The lowest BCUT2D eigenvalue weighted by atomic mass is 9.69. The van der Waals surface area contributed by atoms with E-state index < -0.39 is 24.3 Å². The van der Waals surface area contributed by atoms with Gasteiger partial charge in [0.25, 0.3) is 0 Å². The summed E-state index contributed by atoms with van der Waals surface area (Å²) in [7, 11) is 0. The topological polar surface area (TPSA) is 131 Å². The SMILES string of the molecule is Cc1ccn(-c2cc(-c3ccc(C)c(C)c3)ccc2[C@@H](Oc2cc(N3CCC4(CC3)CC(C(=O)O)NC4C(C)C)nc(N)n2)C(F)(F)F)n1. The third-order valence-corrected chi connectivity index (χ3v) is 10.1. The molecule has 1 spiro atoms. The smallest absolute Gasteiger partial charge is 0.429 e. The summed E-state index contributed by atoms with van der Waals surface area (Å²) < 4.78 is 52.0. The lowest BCUT2D eigenvalue weighted by Gasteiger charge is -2.44. The Bertz CT molecular complexity index is 1850. The summed E-state index contributed by atoms with van der Waals surface area (Å²) in [6.07, 6.45) is -3.69. The van der Waals surface area contributed by atoms with Gasteiger partial charge in [-0.2, -0.15) is 28.2 Å². The molecule has 6 rings (SSSR count). The van der Waals surface area contributed by atoms with Crippen LogP contribution in [0.1, 0.15) is 61.6 Å². The maximum Gasteiger partial charge on any atom is 0.429 e. The van der Waals surface area contributed by atoms with Crippen molar-refractivity contribution in [2.75, 3.05) is 23.7 Å². The number of alkyl halides is 3. The van der Waals surface area contributed by atoms with Gasteiger partial charge in [-0.25, -0.2) is 4.68 Å². The van der Waals surface area contributed by atoms with E-state index in [4.69, 9.17) is 10.5 Å². The molecule has 2 fully saturated rings. The Morgan fingerprint density at radius 2 is 1.71 bits per heavy atom. The van der Waals surface area contributed by atoms with E-state index >= 15 is 0 Å². The molecule has 260 valence electrons. The van der Waals surface area contributed by atoms with Crippen molar-refractivity contribution in [2.45, 2.75) is 78.2 Å². The molecule has 0 radical (unpaired) electrons. The zero-order valence-corrected chi connectivity index (χ0v) is 28.3. The molecule has 2 aromatic heterocycles. The molecule has 0 saturated carbocycles. The minimum Gasteiger partial charge on any atom is -0.480 e. The molecule has 4 N–H and O–H groups in total. The third-order valence-electron chi connectivity index (χ3n) is 10.1. The van der Waals surface area contributed by atoms with Gasteiger partial charge in [-0.15, -0.1) is 0 Å². The summed E-state index contributed by atoms with van der Waals surface area (Å²) in [4.78, 5) is 22.2. The molecule has 49 heavy (non-hydrogen) atoms. The standard InChI is InChI=1S/C36H42F3N7O3/c1-20(2)31-35(19-27(41-31)33(47)48)11-14-45(15-12-35)29-18-30(43-34(40)42-29)49-32(36(37,38)39)26-9-8-25(24-7-6-21(3)22(4)16-24)17-28(26)46-13-10-23(5)44-46/h6-10,13,16-18,20,27,31-32,41H,11-12,14-15,19H2,1-5H3,(H,47,48)(H2,40,42,43)/t27?,31?,32-/m1/s1. The van der Waals surface area contributed by atoms with Crippen LogP contribution in [-0.4, -0.2) is 62.2 Å². The van der Waals surface area contributed by atoms with E-state index in [9.17, 15) is 23.1 Å². The van der Waals surface area contributed by atoms with E-state index in [0.717, 1.165) is 22.3 Å². The maximum absolute atomic E-state index is 14.9. The number of carboxylic acid groups (broad SMARTS) is 1. The molecule has 10 nitrogen and oxygen atoms in total. The van der Waals surface area contributed by atoms with Gasteiger partial charge in [0, 0.05) is 37.0 Å². The largest absolute Gasteiger partial charge is 0.480 e. The fraction of sp³-hybridized carbons (Fsp3) is 0.444. The molecule has 0 amide bonds. The summed E-state index contributed by atoms with van der Waals surface area (Å²) in [5, 5.41) is 17.4. The quantitative estimate of drug-likeness (QED) is 0.189. The molecule has 2 unspecified atom stereocenters. The van der Waals surface area contributed by atoms with Crippen LogP contribution in [0, 0.1) is 32.1 Å². The summed E-state index contributed by atoms with van der Waals surface area (Å²) >= 11 is 0. The first kappa shape index (κ1) is 34.2. The Morgan fingerprint density at radius 3 is 2.33 bits per heavy atom. The maximum atomic E-state index is 14.9. The normalized spacial score (nSPS) is 19.8. The fourth-order valence-corrected chi connectivity index (χ4v) is 7.43. The highest BCUT2D eigenvalue weighted by atomic mass is 19.4. The Labute approximate surface area is 283 Å². The number of nitrogens with zero attached hydrogens (tertiary/aromatic N) is 5. The molecule has 4 heterocycles. The number of carboxylic acids is 1. The van der Waals surface area contributed by atoms with Crippen LogP contribution in [0.4, 0.5) is 24.9 Å². The zero-order chi connectivity index (χ0) is 35.2. The third kappa shape index (κ3) is 6.94. The summed E-state index contributed by atoms with van der Waals surface area (Å²) in [6, 6.07) is 13.2. The molecule has 2 aliphatic heterocycles. The van der Waals surface area contributed by atoms with Crippen molar-refractivity contribution in [2.24, 2.45) is 11.3 Å². The van der Waals surface area contributed by atoms with Gasteiger partial charge in [0.1, 0.15) is 11.9 Å². The van der Waals surface area contributed by atoms with Crippen LogP contribution in [0.25, 0.3) is 16.8 Å². The number of aromatic nitrogens is 4. The average molecular weight is 678 g/mol. The number of aryl methyl sites for hydroxylation is 3.